The van der Waals surface area contributed by atoms with E-state index in [-0.39, 0.29) is 10.2 Å². The number of nitrogens with one attached hydrogen (secondary N) is 1. The molecular formula is C5H3BrN2O3. The van der Waals surface area contributed by atoms with Crippen LogP contribution in [-0.4, -0.2) is 21.0 Å². The summed E-state index contributed by atoms with van der Waals surface area (Å²) in [6.45, 7) is 0. The first-order valence-corrected chi connectivity index (χ1v) is 3.38. The van der Waals surface area contributed by atoms with E-state index >= 15 is 0 Å². The number of hydrogen-bond acceptors (Lipinski definition) is 3. The van der Waals surface area contributed by atoms with Crippen LogP contribution in [0.3, 0.4) is 0 Å². The fraction of sp³-hybridized carbons (Fsp3) is 0. The molecule has 0 saturated carbocycles. The van der Waals surface area contributed by atoms with Gasteiger partial charge in [0, 0.05) is 6.20 Å². The van der Waals surface area contributed by atoms with Crippen LogP contribution in [0.2, 0.25) is 0 Å². The summed E-state index contributed by atoms with van der Waals surface area (Å²) >= 11 is 2.92. The number of halogens is 1. The van der Waals surface area contributed by atoms with E-state index in [0.29, 0.717) is 0 Å². The van der Waals surface area contributed by atoms with Gasteiger partial charge >= 0.3 is 11.7 Å². The molecule has 0 bridgehead atoms. The van der Waals surface area contributed by atoms with Crippen LogP contribution in [0.1, 0.15) is 10.5 Å². The third kappa shape index (κ3) is 1.64. The molecule has 0 unspecified atom stereocenters. The second kappa shape index (κ2) is 2.83. The maximum Gasteiger partial charge on any atom is 0.353 e. The first-order valence-electron chi connectivity index (χ1n) is 2.59. The lowest BCUT2D eigenvalue weighted by Gasteiger charge is -1.94. The lowest BCUT2D eigenvalue weighted by molar-refractivity contribution is 0.0688. The first kappa shape index (κ1) is 7.93. The zero-order chi connectivity index (χ0) is 8.43. The number of carboxylic acids is 1. The average molecular weight is 219 g/mol. The summed E-state index contributed by atoms with van der Waals surface area (Å²) in [5.41, 5.74) is -0.865. The van der Waals surface area contributed by atoms with E-state index in [0.717, 1.165) is 6.20 Å². The molecular weight excluding hydrogens is 216 g/mol. The van der Waals surface area contributed by atoms with Gasteiger partial charge in [-0.1, -0.05) is 0 Å². The Morgan fingerprint density at radius 2 is 2.36 bits per heavy atom. The molecule has 2 N–H and O–H groups in total. The summed E-state index contributed by atoms with van der Waals surface area (Å²) in [6.07, 6.45) is 1.14. The molecule has 0 radical (unpaired) electrons. The maximum absolute atomic E-state index is 10.5. The molecule has 0 atom stereocenters. The van der Waals surface area contributed by atoms with Gasteiger partial charge in [0.15, 0.2) is 0 Å². The number of H-pyrrole nitrogens is 1. The molecule has 1 aromatic heterocycles. The minimum absolute atomic E-state index is 0.190. The van der Waals surface area contributed by atoms with E-state index in [1.54, 1.807) is 0 Å². The van der Waals surface area contributed by atoms with E-state index < -0.39 is 11.7 Å². The van der Waals surface area contributed by atoms with Gasteiger partial charge in [-0.15, -0.1) is 0 Å². The highest BCUT2D eigenvalue weighted by molar-refractivity contribution is 9.10. The SMILES string of the molecule is O=C(O)c1[nH]c(=O)ncc1Br. The number of nitrogens with zero attached hydrogens (tertiary/aromatic N) is 1. The Morgan fingerprint density at radius 3 is 2.82 bits per heavy atom. The molecule has 0 aliphatic heterocycles. The smallest absolute Gasteiger partial charge is 0.353 e. The molecule has 6 heteroatoms. The Balaban J connectivity index is 3.35. The van der Waals surface area contributed by atoms with Crippen molar-refractivity contribution in [1.29, 1.82) is 0 Å². The van der Waals surface area contributed by atoms with Crippen LogP contribution in [0.25, 0.3) is 0 Å². The van der Waals surface area contributed by atoms with Gasteiger partial charge in [-0.2, -0.15) is 0 Å². The van der Waals surface area contributed by atoms with E-state index in [2.05, 4.69) is 25.9 Å². The minimum Gasteiger partial charge on any atom is -0.477 e. The number of carbonyl (C=O) groups is 1. The van der Waals surface area contributed by atoms with Gasteiger partial charge in [0.2, 0.25) is 0 Å². The number of hydrogen-bond donors (Lipinski definition) is 2. The van der Waals surface area contributed by atoms with Crippen molar-refractivity contribution >= 4 is 21.9 Å². The van der Waals surface area contributed by atoms with Crippen LogP contribution in [0.15, 0.2) is 15.5 Å². The van der Waals surface area contributed by atoms with Crippen molar-refractivity contribution in [2.75, 3.05) is 0 Å². The van der Waals surface area contributed by atoms with Gasteiger partial charge in [-0.25, -0.2) is 14.6 Å². The summed E-state index contributed by atoms with van der Waals surface area (Å²) in [4.78, 5) is 26.2. The van der Waals surface area contributed by atoms with Gasteiger partial charge in [0.1, 0.15) is 5.69 Å². The molecule has 0 fully saturated rings. The summed E-state index contributed by atoms with van der Waals surface area (Å²) < 4.78 is 0.254. The minimum atomic E-state index is -1.20. The molecule has 1 heterocycles. The zero-order valence-corrected chi connectivity index (χ0v) is 6.75. The first-order chi connectivity index (χ1) is 5.11. The highest BCUT2D eigenvalue weighted by Crippen LogP contribution is 2.09. The van der Waals surface area contributed by atoms with E-state index in [4.69, 9.17) is 5.11 Å². The Bertz CT molecular complexity index is 346. The summed E-state index contributed by atoms with van der Waals surface area (Å²) in [7, 11) is 0. The van der Waals surface area contributed by atoms with Crippen molar-refractivity contribution in [2.45, 2.75) is 0 Å². The van der Waals surface area contributed by atoms with Crippen molar-refractivity contribution < 1.29 is 9.90 Å². The number of aromatic nitrogens is 2. The molecule has 0 saturated heterocycles. The Morgan fingerprint density at radius 1 is 1.73 bits per heavy atom. The normalized spacial score (nSPS) is 9.55. The number of aromatic carboxylic acids is 1. The number of carboxylic acid groups (broad SMARTS) is 1. The van der Waals surface area contributed by atoms with E-state index in [9.17, 15) is 9.59 Å². The third-order valence-corrected chi connectivity index (χ3v) is 1.58. The van der Waals surface area contributed by atoms with Gasteiger partial charge in [-0.3, -0.25) is 4.98 Å². The van der Waals surface area contributed by atoms with Gasteiger partial charge < -0.3 is 5.11 Å². The van der Waals surface area contributed by atoms with Gasteiger partial charge in [-0.05, 0) is 15.9 Å². The molecule has 5 nitrogen and oxygen atoms in total. The molecule has 0 amide bonds. The highest BCUT2D eigenvalue weighted by Gasteiger charge is 2.08. The number of aromatic amines is 1. The summed E-state index contributed by atoms with van der Waals surface area (Å²) in [5, 5.41) is 8.46. The highest BCUT2D eigenvalue weighted by atomic mass is 79.9. The third-order valence-electron chi connectivity index (χ3n) is 0.980. The Hall–Kier alpha value is -1.17. The molecule has 1 rings (SSSR count). The van der Waals surface area contributed by atoms with Crippen LogP contribution in [0.5, 0.6) is 0 Å². The molecule has 0 aliphatic carbocycles. The predicted octanol–water partition coefficient (Wildman–Crippen LogP) is 0.231. The lowest BCUT2D eigenvalue weighted by Crippen LogP contribution is -2.15. The standard InChI is InChI=1S/C5H3BrN2O3/c6-2-1-7-5(11)8-3(2)4(9)10/h1H,(H,9,10)(H,7,8,11). The summed E-state index contributed by atoms with van der Waals surface area (Å²) in [6, 6.07) is 0. The van der Waals surface area contributed by atoms with Crippen molar-refractivity contribution in [3.8, 4) is 0 Å². The average Bonchev–Trinajstić information content (AvgIpc) is 1.94. The quantitative estimate of drug-likeness (QED) is 0.708. The topological polar surface area (TPSA) is 83.0 Å². The number of rotatable bonds is 1. The maximum atomic E-state index is 10.5. The lowest BCUT2D eigenvalue weighted by atomic mass is 10.4. The van der Waals surface area contributed by atoms with E-state index in [1.165, 1.54) is 0 Å². The van der Waals surface area contributed by atoms with Crippen molar-refractivity contribution in [3.05, 3.63) is 26.8 Å². The van der Waals surface area contributed by atoms with Crippen LogP contribution < -0.4 is 5.69 Å². The molecule has 1 aromatic rings. The Kier molecular flexibility index (Phi) is 2.04. The molecule has 0 aliphatic rings. The van der Waals surface area contributed by atoms with Crippen LogP contribution in [-0.2, 0) is 0 Å². The predicted molar refractivity (Wildman–Crippen MR) is 39.5 cm³/mol. The molecule has 0 aromatic carbocycles. The van der Waals surface area contributed by atoms with Crippen LogP contribution in [0, 0.1) is 0 Å². The second-order valence-electron chi connectivity index (χ2n) is 1.72. The van der Waals surface area contributed by atoms with E-state index in [1.807, 2.05) is 0 Å². The fourth-order valence-electron chi connectivity index (χ4n) is 0.534. The van der Waals surface area contributed by atoms with Crippen LogP contribution >= 0.6 is 15.9 Å². The summed E-state index contributed by atoms with van der Waals surface area (Å²) in [5.74, 6) is -1.20. The molecule has 58 valence electrons. The molecule has 11 heavy (non-hydrogen) atoms. The van der Waals surface area contributed by atoms with Crippen LogP contribution in [0.4, 0.5) is 0 Å². The second-order valence-corrected chi connectivity index (χ2v) is 2.57. The zero-order valence-electron chi connectivity index (χ0n) is 5.17. The largest absolute Gasteiger partial charge is 0.477 e. The van der Waals surface area contributed by atoms with Crippen molar-refractivity contribution in [1.82, 2.24) is 9.97 Å². The molecule has 0 spiro atoms. The van der Waals surface area contributed by atoms with Crippen molar-refractivity contribution in [3.63, 3.8) is 0 Å². The fourth-order valence-corrected chi connectivity index (χ4v) is 0.905. The van der Waals surface area contributed by atoms with Gasteiger partial charge in [0.25, 0.3) is 0 Å². The van der Waals surface area contributed by atoms with Gasteiger partial charge in [0.05, 0.1) is 4.47 Å². The Labute approximate surface area is 69.2 Å². The van der Waals surface area contributed by atoms with Crippen molar-refractivity contribution in [2.24, 2.45) is 0 Å². The monoisotopic (exact) mass is 218 g/mol.